The third-order valence-electron chi connectivity index (χ3n) is 4.71. The molecule has 0 spiro atoms. The summed E-state index contributed by atoms with van der Waals surface area (Å²) in [4.78, 5) is 32.3. The smallest absolute Gasteiger partial charge is 0.271 e. The third kappa shape index (κ3) is 3.09. The minimum absolute atomic E-state index is 0.132. The Hall–Kier alpha value is -2.48. The summed E-state index contributed by atoms with van der Waals surface area (Å²) in [6.45, 7) is 1.45. The van der Waals surface area contributed by atoms with Crippen LogP contribution in [-0.4, -0.2) is 42.6 Å². The fraction of sp³-hybridized carbons (Fsp3) is 0.412. The summed E-state index contributed by atoms with van der Waals surface area (Å²) in [6.07, 6.45) is 10.6. The molecule has 7 nitrogen and oxygen atoms in total. The van der Waals surface area contributed by atoms with Crippen LogP contribution in [0, 0.1) is 0 Å². The Morgan fingerprint density at radius 1 is 1.32 bits per heavy atom. The Morgan fingerprint density at radius 2 is 2.24 bits per heavy atom. The molecule has 1 saturated heterocycles. The van der Waals surface area contributed by atoms with Crippen LogP contribution in [0.2, 0.25) is 0 Å². The van der Waals surface area contributed by atoms with Crippen molar-refractivity contribution in [2.24, 2.45) is 0 Å². The van der Waals surface area contributed by atoms with E-state index in [1.165, 1.54) is 21.9 Å². The second-order valence-electron chi connectivity index (χ2n) is 6.24. The van der Waals surface area contributed by atoms with Gasteiger partial charge in [-0.1, -0.05) is 0 Å². The molecule has 0 bridgehead atoms. The van der Waals surface area contributed by atoms with E-state index in [1.54, 1.807) is 17.8 Å². The number of carbonyl (C=O) groups excluding carboxylic acids is 1. The summed E-state index contributed by atoms with van der Waals surface area (Å²) in [6, 6.07) is 2.03. The second kappa shape index (κ2) is 6.79. The van der Waals surface area contributed by atoms with E-state index < -0.39 is 0 Å². The van der Waals surface area contributed by atoms with Crippen LogP contribution >= 0.6 is 11.3 Å². The molecular weight excluding hydrogens is 338 g/mol. The van der Waals surface area contributed by atoms with Gasteiger partial charge in [0.2, 0.25) is 0 Å². The molecule has 8 heteroatoms. The Labute approximate surface area is 148 Å². The van der Waals surface area contributed by atoms with Gasteiger partial charge in [-0.25, -0.2) is 4.98 Å². The first-order valence-corrected chi connectivity index (χ1v) is 9.35. The van der Waals surface area contributed by atoms with Crippen LogP contribution in [0.5, 0.6) is 0 Å². The molecular formula is C17H19N5O2S. The number of hydrogen-bond acceptors (Lipinski definition) is 5. The zero-order valence-corrected chi connectivity index (χ0v) is 14.6. The molecule has 4 rings (SSSR count). The van der Waals surface area contributed by atoms with Gasteiger partial charge in [0.1, 0.15) is 5.56 Å². The highest BCUT2D eigenvalue weighted by atomic mass is 32.1. The Bertz CT molecular complexity index is 930. The van der Waals surface area contributed by atoms with Gasteiger partial charge in [-0.2, -0.15) is 5.10 Å². The highest BCUT2D eigenvalue weighted by Gasteiger charge is 2.29. The monoisotopic (exact) mass is 357 g/mol. The van der Waals surface area contributed by atoms with E-state index in [9.17, 15) is 9.59 Å². The maximum absolute atomic E-state index is 13.0. The summed E-state index contributed by atoms with van der Waals surface area (Å²) in [5.74, 6) is -0.205. The Morgan fingerprint density at radius 3 is 3.08 bits per heavy atom. The molecule has 0 aliphatic carbocycles. The average Bonchev–Trinajstić information content (AvgIpc) is 3.32. The highest BCUT2D eigenvalue weighted by molar-refractivity contribution is 7.15. The predicted octanol–water partition coefficient (Wildman–Crippen LogP) is 2.04. The topological polar surface area (TPSA) is 72.5 Å². The molecule has 1 amide bonds. The lowest BCUT2D eigenvalue weighted by molar-refractivity contribution is 0.0591. The summed E-state index contributed by atoms with van der Waals surface area (Å²) < 4.78 is 3.33. The van der Waals surface area contributed by atoms with Crippen LogP contribution in [0.4, 0.5) is 0 Å². The van der Waals surface area contributed by atoms with Gasteiger partial charge in [-0.05, 0) is 31.7 Å². The number of likely N-dealkylation sites (tertiary alicyclic amines) is 1. The Balaban J connectivity index is 1.57. The molecule has 1 aliphatic rings. The molecule has 0 unspecified atom stereocenters. The second-order valence-corrected chi connectivity index (χ2v) is 7.11. The van der Waals surface area contributed by atoms with Crippen molar-refractivity contribution in [3.63, 3.8) is 0 Å². The molecule has 0 aromatic carbocycles. The number of aromatic nitrogens is 4. The van der Waals surface area contributed by atoms with Crippen molar-refractivity contribution in [1.82, 2.24) is 24.1 Å². The number of amides is 1. The summed E-state index contributed by atoms with van der Waals surface area (Å²) in [5, 5.41) is 6.02. The van der Waals surface area contributed by atoms with Crippen LogP contribution in [0.15, 0.2) is 41.0 Å². The number of carbonyl (C=O) groups is 1. The zero-order chi connectivity index (χ0) is 17.2. The van der Waals surface area contributed by atoms with Crippen LogP contribution in [-0.2, 0) is 6.54 Å². The average molecular weight is 357 g/mol. The van der Waals surface area contributed by atoms with Crippen molar-refractivity contribution in [3.05, 3.63) is 52.2 Å². The molecule has 0 saturated carbocycles. The number of thiazole rings is 1. The number of fused-ring (bicyclic) bond motifs is 1. The summed E-state index contributed by atoms with van der Waals surface area (Å²) in [7, 11) is 0. The van der Waals surface area contributed by atoms with Crippen molar-refractivity contribution in [2.45, 2.75) is 38.3 Å². The van der Waals surface area contributed by atoms with Crippen molar-refractivity contribution in [2.75, 3.05) is 6.54 Å². The van der Waals surface area contributed by atoms with Gasteiger partial charge in [-0.3, -0.25) is 18.7 Å². The molecule has 3 aromatic rings. The molecule has 25 heavy (non-hydrogen) atoms. The van der Waals surface area contributed by atoms with Gasteiger partial charge in [0.05, 0.1) is 0 Å². The number of nitrogens with zero attached hydrogens (tertiary/aromatic N) is 5. The first-order chi connectivity index (χ1) is 12.2. The molecule has 1 aliphatic heterocycles. The van der Waals surface area contributed by atoms with E-state index >= 15 is 0 Å². The van der Waals surface area contributed by atoms with Crippen molar-refractivity contribution in [3.8, 4) is 0 Å². The van der Waals surface area contributed by atoms with Gasteiger partial charge in [0, 0.05) is 49.3 Å². The quantitative estimate of drug-likeness (QED) is 0.716. The molecule has 1 atom stereocenters. The SMILES string of the molecule is O=C(c1cnc2sccn2c1=O)N1CCCC[C@H]1CCn1cccn1. The summed E-state index contributed by atoms with van der Waals surface area (Å²) >= 11 is 1.38. The van der Waals surface area contributed by atoms with Gasteiger partial charge in [-0.15, -0.1) is 11.3 Å². The maximum atomic E-state index is 13.0. The van der Waals surface area contributed by atoms with Gasteiger partial charge >= 0.3 is 0 Å². The molecule has 0 N–H and O–H groups in total. The van der Waals surface area contributed by atoms with Crippen molar-refractivity contribution < 1.29 is 4.79 Å². The number of piperidine rings is 1. The lowest BCUT2D eigenvalue weighted by Gasteiger charge is -2.35. The highest BCUT2D eigenvalue weighted by Crippen LogP contribution is 2.22. The zero-order valence-electron chi connectivity index (χ0n) is 13.7. The number of rotatable bonds is 4. The van der Waals surface area contributed by atoms with E-state index in [-0.39, 0.29) is 23.1 Å². The predicted molar refractivity (Wildman–Crippen MR) is 94.9 cm³/mol. The first kappa shape index (κ1) is 16.0. The fourth-order valence-corrected chi connectivity index (χ4v) is 4.08. The van der Waals surface area contributed by atoms with Crippen LogP contribution < -0.4 is 5.56 Å². The van der Waals surface area contributed by atoms with E-state index in [0.717, 1.165) is 32.2 Å². The van der Waals surface area contributed by atoms with E-state index in [4.69, 9.17) is 0 Å². The maximum Gasteiger partial charge on any atom is 0.271 e. The minimum Gasteiger partial charge on any atom is -0.335 e. The molecule has 130 valence electrons. The van der Waals surface area contributed by atoms with Crippen molar-refractivity contribution in [1.29, 1.82) is 0 Å². The fourth-order valence-electron chi connectivity index (χ4n) is 3.41. The lowest BCUT2D eigenvalue weighted by Crippen LogP contribution is -2.46. The Kier molecular flexibility index (Phi) is 4.35. The van der Waals surface area contributed by atoms with Crippen molar-refractivity contribution >= 4 is 22.2 Å². The molecule has 0 radical (unpaired) electrons. The first-order valence-electron chi connectivity index (χ1n) is 8.47. The summed E-state index contributed by atoms with van der Waals surface area (Å²) in [5.41, 5.74) is -0.130. The van der Waals surface area contributed by atoms with E-state index in [0.29, 0.717) is 11.5 Å². The van der Waals surface area contributed by atoms with Crippen LogP contribution in [0.3, 0.4) is 0 Å². The lowest BCUT2D eigenvalue weighted by atomic mass is 9.98. The van der Waals surface area contributed by atoms with E-state index in [2.05, 4.69) is 10.1 Å². The van der Waals surface area contributed by atoms with Gasteiger partial charge in [0.25, 0.3) is 11.5 Å². The van der Waals surface area contributed by atoms with Crippen LogP contribution in [0.1, 0.15) is 36.0 Å². The minimum atomic E-state index is -0.285. The van der Waals surface area contributed by atoms with Gasteiger partial charge < -0.3 is 4.90 Å². The van der Waals surface area contributed by atoms with Gasteiger partial charge in [0.15, 0.2) is 4.96 Å². The normalized spacial score (nSPS) is 17.9. The molecule has 4 heterocycles. The van der Waals surface area contributed by atoms with Crippen LogP contribution in [0.25, 0.3) is 4.96 Å². The molecule has 3 aromatic heterocycles. The largest absolute Gasteiger partial charge is 0.335 e. The number of aryl methyl sites for hydroxylation is 1. The molecule has 1 fully saturated rings. The third-order valence-corrected chi connectivity index (χ3v) is 5.48. The standard InChI is InChI=1S/C17H19N5O2S/c23-15(14-12-18-17-22(16(14)24)10-11-25-17)21-8-2-1-4-13(21)5-9-20-7-3-6-19-20/h3,6-7,10-13H,1-2,4-5,8-9H2/t13-/m0/s1. The number of hydrogen-bond donors (Lipinski definition) is 0. The van der Waals surface area contributed by atoms with E-state index in [1.807, 2.05) is 21.8 Å².